The third-order valence-electron chi connectivity index (χ3n) is 3.52. The summed E-state index contributed by atoms with van der Waals surface area (Å²) in [5.41, 5.74) is 0.419. The van der Waals surface area contributed by atoms with Gasteiger partial charge in [-0.3, -0.25) is 10.1 Å². The Kier molecular flexibility index (Phi) is 4.94. The Morgan fingerprint density at radius 3 is 3.00 bits per heavy atom. The first kappa shape index (κ1) is 14.8. The summed E-state index contributed by atoms with van der Waals surface area (Å²) in [6.45, 7) is 6.75. The first-order valence-corrected chi connectivity index (χ1v) is 7.18. The maximum atomic E-state index is 11.2. The maximum Gasteiger partial charge on any atom is 0.353 e. The molecule has 0 aromatic carbocycles. The van der Waals surface area contributed by atoms with Crippen LogP contribution in [0.2, 0.25) is 0 Å². The van der Waals surface area contributed by atoms with Gasteiger partial charge in [0.15, 0.2) is 0 Å². The Morgan fingerprint density at radius 1 is 1.60 bits per heavy atom. The van der Waals surface area contributed by atoms with Gasteiger partial charge < -0.3 is 10.1 Å². The zero-order valence-corrected chi connectivity index (χ0v) is 12.1. The lowest BCUT2D eigenvalue weighted by Gasteiger charge is -2.22. The van der Waals surface area contributed by atoms with Gasteiger partial charge in [-0.15, -0.1) is 0 Å². The highest BCUT2D eigenvalue weighted by molar-refractivity contribution is 5.45. The fourth-order valence-corrected chi connectivity index (χ4v) is 2.53. The molecule has 1 N–H and O–H groups in total. The minimum atomic E-state index is -0.400. The standard InChI is InChI=1S/C13H22N4O3/c1-3-7-16-13(12(17(18)19)10(2)15-16)20-9-11-5-4-6-14-8-11/h11,14H,3-9H2,1-2H3. The lowest BCUT2D eigenvalue weighted by Crippen LogP contribution is -2.33. The Balaban J connectivity index is 2.12. The summed E-state index contributed by atoms with van der Waals surface area (Å²) >= 11 is 0. The summed E-state index contributed by atoms with van der Waals surface area (Å²) in [6.07, 6.45) is 3.09. The van der Waals surface area contributed by atoms with E-state index in [1.807, 2.05) is 6.92 Å². The monoisotopic (exact) mass is 282 g/mol. The lowest BCUT2D eigenvalue weighted by molar-refractivity contribution is -0.386. The second kappa shape index (κ2) is 6.69. The second-order valence-corrected chi connectivity index (χ2v) is 5.24. The topological polar surface area (TPSA) is 82.2 Å². The summed E-state index contributed by atoms with van der Waals surface area (Å²) in [5.74, 6) is 0.716. The fraction of sp³-hybridized carbons (Fsp3) is 0.769. The molecule has 20 heavy (non-hydrogen) atoms. The van der Waals surface area contributed by atoms with Crippen molar-refractivity contribution in [3.8, 4) is 5.88 Å². The van der Waals surface area contributed by atoms with E-state index >= 15 is 0 Å². The number of ether oxygens (including phenoxy) is 1. The van der Waals surface area contributed by atoms with Crippen molar-refractivity contribution in [1.82, 2.24) is 15.1 Å². The zero-order chi connectivity index (χ0) is 14.5. The van der Waals surface area contributed by atoms with Crippen LogP contribution in [-0.2, 0) is 6.54 Å². The molecule has 0 amide bonds. The van der Waals surface area contributed by atoms with Crippen LogP contribution in [0.3, 0.4) is 0 Å². The van der Waals surface area contributed by atoms with Crippen molar-refractivity contribution in [3.63, 3.8) is 0 Å². The first-order valence-electron chi connectivity index (χ1n) is 7.18. The fourth-order valence-electron chi connectivity index (χ4n) is 2.53. The molecule has 1 aliphatic rings. The third-order valence-corrected chi connectivity index (χ3v) is 3.52. The summed E-state index contributed by atoms with van der Waals surface area (Å²) in [5, 5.41) is 18.7. The molecule has 0 bridgehead atoms. The number of nitro groups is 1. The number of hydrogen-bond donors (Lipinski definition) is 1. The van der Waals surface area contributed by atoms with E-state index in [4.69, 9.17) is 4.74 Å². The van der Waals surface area contributed by atoms with E-state index in [1.165, 1.54) is 0 Å². The summed E-state index contributed by atoms with van der Waals surface area (Å²) in [6, 6.07) is 0. The van der Waals surface area contributed by atoms with Gasteiger partial charge in [-0.05, 0) is 32.7 Å². The summed E-state index contributed by atoms with van der Waals surface area (Å²) in [7, 11) is 0. The van der Waals surface area contributed by atoms with E-state index in [0.717, 1.165) is 32.4 Å². The van der Waals surface area contributed by atoms with E-state index in [9.17, 15) is 10.1 Å². The predicted octanol–water partition coefficient (Wildman–Crippen LogP) is 1.89. The van der Waals surface area contributed by atoms with Crippen molar-refractivity contribution >= 4 is 5.69 Å². The molecular formula is C13H22N4O3. The van der Waals surface area contributed by atoms with Gasteiger partial charge in [-0.1, -0.05) is 6.92 Å². The number of nitrogens with zero attached hydrogens (tertiary/aromatic N) is 3. The van der Waals surface area contributed by atoms with Gasteiger partial charge in [-0.25, -0.2) is 4.68 Å². The quantitative estimate of drug-likeness (QED) is 0.636. The highest BCUT2D eigenvalue weighted by atomic mass is 16.6. The van der Waals surface area contributed by atoms with Crippen LogP contribution in [0.4, 0.5) is 5.69 Å². The predicted molar refractivity (Wildman–Crippen MR) is 75.0 cm³/mol. The Hall–Kier alpha value is -1.63. The van der Waals surface area contributed by atoms with Crippen LogP contribution >= 0.6 is 0 Å². The van der Waals surface area contributed by atoms with Crippen molar-refractivity contribution in [1.29, 1.82) is 0 Å². The normalized spacial score (nSPS) is 19.0. The molecule has 0 aliphatic carbocycles. The molecule has 1 aromatic rings. The molecule has 2 heterocycles. The van der Waals surface area contributed by atoms with E-state index in [1.54, 1.807) is 11.6 Å². The molecule has 1 saturated heterocycles. The SMILES string of the molecule is CCCn1nc(C)c([N+](=O)[O-])c1OCC1CCCNC1. The molecule has 112 valence electrons. The van der Waals surface area contributed by atoms with Crippen LogP contribution in [0.1, 0.15) is 31.9 Å². The van der Waals surface area contributed by atoms with Gasteiger partial charge in [0.2, 0.25) is 0 Å². The van der Waals surface area contributed by atoms with Crippen LogP contribution in [0, 0.1) is 23.0 Å². The molecule has 0 spiro atoms. The van der Waals surface area contributed by atoms with E-state index in [-0.39, 0.29) is 5.69 Å². The van der Waals surface area contributed by atoms with Gasteiger partial charge in [-0.2, -0.15) is 5.10 Å². The number of aryl methyl sites for hydroxylation is 2. The van der Waals surface area contributed by atoms with Crippen molar-refractivity contribution in [2.24, 2.45) is 5.92 Å². The number of nitrogens with one attached hydrogen (secondary N) is 1. The van der Waals surface area contributed by atoms with E-state index < -0.39 is 4.92 Å². The van der Waals surface area contributed by atoms with Gasteiger partial charge in [0, 0.05) is 19.0 Å². The lowest BCUT2D eigenvalue weighted by atomic mass is 10.0. The Labute approximate surface area is 118 Å². The molecular weight excluding hydrogens is 260 g/mol. The van der Waals surface area contributed by atoms with E-state index in [0.29, 0.717) is 30.6 Å². The molecule has 1 unspecified atom stereocenters. The number of hydrogen-bond acceptors (Lipinski definition) is 5. The third kappa shape index (κ3) is 3.27. The van der Waals surface area contributed by atoms with Crippen molar-refractivity contribution in [2.75, 3.05) is 19.7 Å². The van der Waals surface area contributed by atoms with E-state index in [2.05, 4.69) is 10.4 Å². The molecule has 1 aromatic heterocycles. The zero-order valence-electron chi connectivity index (χ0n) is 12.1. The average molecular weight is 282 g/mol. The molecule has 1 atom stereocenters. The molecule has 2 rings (SSSR count). The highest BCUT2D eigenvalue weighted by Gasteiger charge is 2.27. The summed E-state index contributed by atoms with van der Waals surface area (Å²) in [4.78, 5) is 10.8. The molecule has 0 radical (unpaired) electrons. The average Bonchev–Trinajstić information content (AvgIpc) is 2.74. The van der Waals surface area contributed by atoms with Crippen LogP contribution in [0.15, 0.2) is 0 Å². The largest absolute Gasteiger partial charge is 0.473 e. The Bertz CT molecular complexity index is 466. The number of rotatable bonds is 6. The van der Waals surface area contributed by atoms with Gasteiger partial charge in [0.05, 0.1) is 11.5 Å². The second-order valence-electron chi connectivity index (χ2n) is 5.24. The number of aromatic nitrogens is 2. The van der Waals surface area contributed by atoms with Gasteiger partial charge >= 0.3 is 5.69 Å². The minimum Gasteiger partial charge on any atom is -0.473 e. The molecule has 1 aliphatic heterocycles. The smallest absolute Gasteiger partial charge is 0.353 e. The molecule has 1 fully saturated rings. The van der Waals surface area contributed by atoms with Crippen LogP contribution in [-0.4, -0.2) is 34.4 Å². The highest BCUT2D eigenvalue weighted by Crippen LogP contribution is 2.31. The molecule has 0 saturated carbocycles. The first-order chi connectivity index (χ1) is 9.63. The van der Waals surface area contributed by atoms with Gasteiger partial charge in [0.25, 0.3) is 5.88 Å². The summed E-state index contributed by atoms with van der Waals surface area (Å²) < 4.78 is 7.38. The van der Waals surface area contributed by atoms with Crippen LogP contribution in [0.25, 0.3) is 0 Å². The van der Waals surface area contributed by atoms with Crippen molar-refractivity contribution < 1.29 is 9.66 Å². The Morgan fingerprint density at radius 2 is 2.40 bits per heavy atom. The van der Waals surface area contributed by atoms with Crippen molar-refractivity contribution in [3.05, 3.63) is 15.8 Å². The van der Waals surface area contributed by atoms with Crippen LogP contribution in [0.5, 0.6) is 5.88 Å². The molecule has 7 nitrogen and oxygen atoms in total. The number of piperidine rings is 1. The molecule has 7 heteroatoms. The van der Waals surface area contributed by atoms with Crippen LogP contribution < -0.4 is 10.1 Å². The van der Waals surface area contributed by atoms with Crippen molar-refractivity contribution in [2.45, 2.75) is 39.7 Å². The minimum absolute atomic E-state index is 0.00205. The maximum absolute atomic E-state index is 11.2. The van der Waals surface area contributed by atoms with Gasteiger partial charge in [0.1, 0.15) is 5.69 Å².